The molecule has 0 aromatic heterocycles. The molecule has 0 unspecified atom stereocenters. The number of rotatable bonds is 3. The maximum absolute atomic E-state index is 3.73. The van der Waals surface area contributed by atoms with Gasteiger partial charge in [-0.25, -0.2) is 0 Å². The summed E-state index contributed by atoms with van der Waals surface area (Å²) in [6.07, 6.45) is 3.26. The van der Waals surface area contributed by atoms with E-state index < -0.39 is 0 Å². The van der Waals surface area contributed by atoms with Crippen LogP contribution in [0.3, 0.4) is 0 Å². The molecular weight excluding hydrogens is 232 g/mol. The van der Waals surface area contributed by atoms with Crippen molar-refractivity contribution in [3.63, 3.8) is 0 Å². The van der Waals surface area contributed by atoms with Gasteiger partial charge in [0, 0.05) is 4.48 Å². The van der Waals surface area contributed by atoms with Gasteiger partial charge < -0.3 is 0 Å². The highest BCUT2D eigenvalue weighted by atomic mass is 79.9. The van der Waals surface area contributed by atoms with E-state index in [4.69, 9.17) is 0 Å². The summed E-state index contributed by atoms with van der Waals surface area (Å²) in [6, 6.07) is 0. The Hall–Kier alpha value is 0.700. The summed E-state index contributed by atoms with van der Waals surface area (Å²) in [7, 11) is 0. The summed E-state index contributed by atoms with van der Waals surface area (Å²) in [6.45, 7) is 3.73. The van der Waals surface area contributed by atoms with Crippen molar-refractivity contribution in [1.29, 1.82) is 0 Å². The van der Waals surface area contributed by atoms with Crippen LogP contribution in [-0.4, -0.2) is 0 Å². The van der Waals surface area contributed by atoms with Gasteiger partial charge in [-0.05, 0) is 17.8 Å². The van der Waals surface area contributed by atoms with Gasteiger partial charge in [0.25, 0.3) is 0 Å². The van der Waals surface area contributed by atoms with Crippen LogP contribution in [0.2, 0.25) is 0 Å². The number of hydrogen-bond acceptors (Lipinski definition) is 0. The molecule has 0 saturated carbocycles. The molecule has 2 heteroatoms. The SMILES string of the molecule is [CH2]CCCC(Br)=CBr. The monoisotopic (exact) mass is 239 g/mol. The summed E-state index contributed by atoms with van der Waals surface area (Å²) in [5.74, 6) is 0. The third-order valence-electron chi connectivity index (χ3n) is 0.784. The molecule has 0 aliphatic carbocycles. The molecule has 0 aliphatic heterocycles. The Kier molecular flexibility index (Phi) is 6.34. The molecule has 0 fully saturated rings. The van der Waals surface area contributed by atoms with Gasteiger partial charge in [-0.2, -0.15) is 0 Å². The first-order valence-electron chi connectivity index (χ1n) is 2.55. The van der Waals surface area contributed by atoms with E-state index in [0.29, 0.717) is 0 Å². The zero-order chi connectivity index (χ0) is 6.41. The molecule has 0 heterocycles. The molecule has 0 aromatic rings. The Morgan fingerprint density at radius 2 is 2.25 bits per heavy atom. The van der Waals surface area contributed by atoms with Crippen LogP contribution in [0, 0.1) is 6.92 Å². The lowest BCUT2D eigenvalue weighted by Crippen LogP contribution is -1.70. The van der Waals surface area contributed by atoms with Crippen molar-refractivity contribution in [2.24, 2.45) is 0 Å². The minimum absolute atomic E-state index is 1.01. The van der Waals surface area contributed by atoms with E-state index in [1.54, 1.807) is 0 Å². The number of allylic oxidation sites excluding steroid dienone is 1. The van der Waals surface area contributed by atoms with Crippen molar-refractivity contribution in [3.8, 4) is 0 Å². The van der Waals surface area contributed by atoms with Gasteiger partial charge in [0.15, 0.2) is 0 Å². The van der Waals surface area contributed by atoms with Gasteiger partial charge in [0.2, 0.25) is 0 Å². The Balaban J connectivity index is 3.12. The van der Waals surface area contributed by atoms with Crippen molar-refractivity contribution >= 4 is 31.9 Å². The van der Waals surface area contributed by atoms with Gasteiger partial charge >= 0.3 is 0 Å². The fourth-order valence-corrected chi connectivity index (χ4v) is 0.858. The van der Waals surface area contributed by atoms with E-state index in [9.17, 15) is 0 Å². The lowest BCUT2D eigenvalue weighted by atomic mass is 10.2. The second kappa shape index (κ2) is 5.83. The molecule has 0 bridgehead atoms. The molecule has 0 atom stereocenters. The van der Waals surface area contributed by atoms with E-state index in [1.165, 1.54) is 4.48 Å². The third kappa shape index (κ3) is 4.85. The molecule has 47 valence electrons. The summed E-state index contributed by atoms with van der Waals surface area (Å²) in [5, 5.41) is 0. The molecule has 1 radical (unpaired) electrons. The Morgan fingerprint density at radius 1 is 1.62 bits per heavy atom. The Bertz CT molecular complexity index is 76.6. The average Bonchev–Trinajstić information content (AvgIpc) is 1.83. The first-order valence-corrected chi connectivity index (χ1v) is 4.26. The minimum atomic E-state index is 1.01. The average molecular weight is 241 g/mol. The van der Waals surface area contributed by atoms with E-state index in [-0.39, 0.29) is 0 Å². The Labute approximate surface area is 67.6 Å². The second-order valence-electron chi connectivity index (χ2n) is 1.51. The largest absolute Gasteiger partial charge is 0.0586 e. The lowest BCUT2D eigenvalue weighted by molar-refractivity contribution is 0.861. The van der Waals surface area contributed by atoms with Crippen LogP contribution in [0.5, 0.6) is 0 Å². The van der Waals surface area contributed by atoms with Gasteiger partial charge in [0.1, 0.15) is 0 Å². The maximum atomic E-state index is 3.73. The highest BCUT2D eigenvalue weighted by Crippen LogP contribution is 2.14. The predicted molar refractivity (Wildman–Crippen MR) is 45.1 cm³/mol. The molecule has 8 heavy (non-hydrogen) atoms. The minimum Gasteiger partial charge on any atom is -0.0586 e. The molecule has 0 spiro atoms. The van der Waals surface area contributed by atoms with E-state index in [0.717, 1.165) is 19.3 Å². The number of hydrogen-bond donors (Lipinski definition) is 0. The van der Waals surface area contributed by atoms with Crippen LogP contribution in [0.1, 0.15) is 19.3 Å². The predicted octanol–water partition coefficient (Wildman–Crippen LogP) is 3.62. The van der Waals surface area contributed by atoms with Crippen molar-refractivity contribution < 1.29 is 0 Å². The third-order valence-corrected chi connectivity index (χ3v) is 2.58. The zero-order valence-electron chi connectivity index (χ0n) is 4.66. The van der Waals surface area contributed by atoms with Crippen LogP contribution >= 0.6 is 31.9 Å². The van der Waals surface area contributed by atoms with Crippen molar-refractivity contribution in [2.75, 3.05) is 0 Å². The highest BCUT2D eigenvalue weighted by molar-refractivity contribution is 9.14. The van der Waals surface area contributed by atoms with Crippen LogP contribution < -0.4 is 0 Å². The fourth-order valence-electron chi connectivity index (χ4n) is 0.348. The number of halogens is 2. The van der Waals surface area contributed by atoms with Gasteiger partial charge in [0.05, 0.1) is 0 Å². The van der Waals surface area contributed by atoms with Crippen LogP contribution in [0.4, 0.5) is 0 Å². The maximum Gasteiger partial charge on any atom is 0.00197 e. The van der Waals surface area contributed by atoms with Crippen molar-refractivity contribution in [1.82, 2.24) is 0 Å². The summed E-state index contributed by atoms with van der Waals surface area (Å²) < 4.78 is 1.21. The van der Waals surface area contributed by atoms with E-state index in [1.807, 2.05) is 4.99 Å². The van der Waals surface area contributed by atoms with Crippen LogP contribution in [-0.2, 0) is 0 Å². The Morgan fingerprint density at radius 3 is 2.62 bits per heavy atom. The zero-order valence-corrected chi connectivity index (χ0v) is 7.83. The quantitative estimate of drug-likeness (QED) is 0.707. The number of unbranched alkanes of at least 4 members (excludes halogenated alkanes) is 1. The molecule has 0 aromatic carbocycles. The molecule has 0 saturated heterocycles. The molecule has 0 amide bonds. The summed E-state index contributed by atoms with van der Waals surface area (Å²) >= 11 is 6.58. The smallest absolute Gasteiger partial charge is 0.00197 e. The lowest BCUT2D eigenvalue weighted by Gasteiger charge is -1.91. The highest BCUT2D eigenvalue weighted by Gasteiger charge is 1.86. The molecule has 0 aliphatic rings. The van der Waals surface area contributed by atoms with E-state index >= 15 is 0 Å². The first kappa shape index (κ1) is 8.70. The van der Waals surface area contributed by atoms with Crippen LogP contribution in [0.25, 0.3) is 0 Å². The summed E-state index contributed by atoms with van der Waals surface area (Å²) in [5.41, 5.74) is 0. The molecule has 0 nitrogen and oxygen atoms in total. The van der Waals surface area contributed by atoms with Crippen molar-refractivity contribution in [2.45, 2.75) is 19.3 Å². The van der Waals surface area contributed by atoms with Gasteiger partial charge in [-0.15, -0.1) is 0 Å². The summed E-state index contributed by atoms with van der Waals surface area (Å²) in [4.78, 5) is 1.89. The first-order chi connectivity index (χ1) is 3.81. The second-order valence-corrected chi connectivity index (χ2v) is 2.99. The van der Waals surface area contributed by atoms with Gasteiger partial charge in [-0.3, -0.25) is 0 Å². The topological polar surface area (TPSA) is 0 Å². The van der Waals surface area contributed by atoms with E-state index in [2.05, 4.69) is 38.8 Å². The normalized spacial score (nSPS) is 12.1. The van der Waals surface area contributed by atoms with Crippen LogP contribution in [0.15, 0.2) is 9.47 Å². The standard InChI is InChI=1S/C6H9Br2/c1-2-3-4-6(8)5-7/h5H,1-4H2. The molecule has 0 rings (SSSR count). The van der Waals surface area contributed by atoms with Crippen molar-refractivity contribution in [3.05, 3.63) is 16.4 Å². The van der Waals surface area contributed by atoms with Gasteiger partial charge in [-0.1, -0.05) is 45.2 Å². The molecule has 0 N–H and O–H groups in total. The molecular formula is C6H9Br2. The fraction of sp³-hybridized carbons (Fsp3) is 0.500.